The van der Waals surface area contributed by atoms with Gasteiger partial charge < -0.3 is 9.88 Å². The van der Waals surface area contributed by atoms with E-state index in [0.29, 0.717) is 6.54 Å². The van der Waals surface area contributed by atoms with Gasteiger partial charge in [0, 0.05) is 37.3 Å². The van der Waals surface area contributed by atoms with Crippen molar-refractivity contribution in [2.75, 3.05) is 11.4 Å². The molecule has 1 aliphatic rings. The van der Waals surface area contributed by atoms with Crippen LogP contribution in [0.4, 0.5) is 5.69 Å². The van der Waals surface area contributed by atoms with Crippen LogP contribution in [0.25, 0.3) is 22.8 Å². The molecule has 0 aliphatic carbocycles. The van der Waals surface area contributed by atoms with Gasteiger partial charge >= 0.3 is 0 Å². The van der Waals surface area contributed by atoms with Gasteiger partial charge in [-0.05, 0) is 18.2 Å². The number of amides is 1. The highest BCUT2D eigenvalue weighted by Gasteiger charge is 2.25. The summed E-state index contributed by atoms with van der Waals surface area (Å²) in [6, 6.07) is 13.7. The minimum absolute atomic E-state index is 0.0487. The number of hydrogen-bond acceptors (Lipinski definition) is 3. The average molecular weight is 304 g/mol. The van der Waals surface area contributed by atoms with Crippen LogP contribution in [0, 0.1) is 0 Å². The van der Waals surface area contributed by atoms with Gasteiger partial charge in [0.2, 0.25) is 5.91 Å². The van der Waals surface area contributed by atoms with Crippen molar-refractivity contribution in [1.29, 1.82) is 0 Å². The van der Waals surface area contributed by atoms with Crippen molar-refractivity contribution in [3.8, 4) is 22.8 Å². The van der Waals surface area contributed by atoms with Crippen LogP contribution in [0.5, 0.6) is 0 Å². The molecule has 1 aliphatic heterocycles. The minimum atomic E-state index is 0.0487. The molecule has 5 nitrogen and oxygen atoms in total. The van der Waals surface area contributed by atoms with E-state index in [9.17, 15) is 4.79 Å². The number of H-pyrrole nitrogens is 1. The first kappa shape index (κ1) is 13.7. The Bertz CT molecular complexity index is 870. The summed E-state index contributed by atoms with van der Waals surface area (Å²) < 4.78 is 0. The number of anilines is 1. The Morgan fingerprint density at radius 2 is 2.00 bits per heavy atom. The van der Waals surface area contributed by atoms with E-state index in [4.69, 9.17) is 4.98 Å². The minimum Gasteiger partial charge on any atom is -0.340 e. The molecule has 0 fully saturated rings. The molecule has 1 aromatic carbocycles. The summed E-state index contributed by atoms with van der Waals surface area (Å²) >= 11 is 0. The maximum Gasteiger partial charge on any atom is 0.223 e. The number of aromatic nitrogens is 3. The third kappa shape index (κ3) is 2.30. The summed E-state index contributed by atoms with van der Waals surface area (Å²) in [5, 5.41) is 0. The molecule has 1 amide bonds. The molecule has 0 radical (unpaired) electrons. The van der Waals surface area contributed by atoms with Gasteiger partial charge in [-0.1, -0.05) is 24.3 Å². The van der Waals surface area contributed by atoms with Gasteiger partial charge in [-0.25, -0.2) is 4.98 Å². The van der Waals surface area contributed by atoms with Crippen LogP contribution in [-0.4, -0.2) is 27.4 Å². The van der Waals surface area contributed by atoms with Gasteiger partial charge in [0.15, 0.2) is 5.82 Å². The van der Waals surface area contributed by atoms with E-state index >= 15 is 0 Å². The first-order valence-electron chi connectivity index (χ1n) is 7.62. The molecule has 4 rings (SSSR count). The molecular weight excluding hydrogens is 288 g/mol. The number of imidazole rings is 1. The Morgan fingerprint density at radius 1 is 1.17 bits per heavy atom. The molecule has 23 heavy (non-hydrogen) atoms. The van der Waals surface area contributed by atoms with Crippen LogP contribution in [0.3, 0.4) is 0 Å². The van der Waals surface area contributed by atoms with Gasteiger partial charge in [-0.2, -0.15) is 0 Å². The monoisotopic (exact) mass is 304 g/mol. The summed E-state index contributed by atoms with van der Waals surface area (Å²) in [4.78, 5) is 26.3. The molecule has 0 spiro atoms. The SMILES string of the molecule is CC(=O)N1CCc2[nH]c(-c3ccccn3)nc2-c2ccccc21. The third-order valence-corrected chi connectivity index (χ3v) is 4.10. The van der Waals surface area contributed by atoms with Crippen molar-refractivity contribution in [3.63, 3.8) is 0 Å². The van der Waals surface area contributed by atoms with E-state index in [1.165, 1.54) is 0 Å². The molecule has 5 heteroatoms. The second kappa shape index (κ2) is 5.35. The Balaban J connectivity index is 1.88. The zero-order valence-corrected chi connectivity index (χ0v) is 12.8. The highest BCUT2D eigenvalue weighted by atomic mass is 16.2. The lowest BCUT2D eigenvalue weighted by Gasteiger charge is -2.20. The summed E-state index contributed by atoms with van der Waals surface area (Å²) in [6.07, 6.45) is 2.50. The molecule has 2 aromatic heterocycles. The molecule has 0 atom stereocenters. The summed E-state index contributed by atoms with van der Waals surface area (Å²) in [7, 11) is 0. The zero-order chi connectivity index (χ0) is 15.8. The van der Waals surface area contributed by atoms with Gasteiger partial charge in [0.25, 0.3) is 0 Å². The van der Waals surface area contributed by atoms with E-state index in [1.807, 2.05) is 47.4 Å². The van der Waals surface area contributed by atoms with Gasteiger partial charge in [-0.3, -0.25) is 9.78 Å². The molecule has 1 N–H and O–H groups in total. The normalized spacial score (nSPS) is 13.2. The maximum absolute atomic E-state index is 12.0. The molecule has 0 saturated heterocycles. The second-order valence-electron chi connectivity index (χ2n) is 5.57. The van der Waals surface area contributed by atoms with E-state index in [1.54, 1.807) is 13.1 Å². The predicted molar refractivity (Wildman–Crippen MR) is 89.0 cm³/mol. The molecule has 3 heterocycles. The largest absolute Gasteiger partial charge is 0.340 e. The molecule has 3 aromatic rings. The lowest BCUT2D eigenvalue weighted by molar-refractivity contribution is -0.116. The number of carbonyl (C=O) groups is 1. The van der Waals surface area contributed by atoms with E-state index in [2.05, 4.69) is 9.97 Å². The van der Waals surface area contributed by atoms with Crippen molar-refractivity contribution in [2.24, 2.45) is 0 Å². The number of para-hydroxylation sites is 1. The summed E-state index contributed by atoms with van der Waals surface area (Å²) in [6.45, 7) is 2.24. The van der Waals surface area contributed by atoms with E-state index in [-0.39, 0.29) is 5.91 Å². The quantitative estimate of drug-likeness (QED) is 0.751. The fourth-order valence-electron chi connectivity index (χ4n) is 3.02. The second-order valence-corrected chi connectivity index (χ2v) is 5.57. The summed E-state index contributed by atoms with van der Waals surface area (Å²) in [5.74, 6) is 0.814. The van der Waals surface area contributed by atoms with Crippen molar-refractivity contribution in [3.05, 3.63) is 54.4 Å². The van der Waals surface area contributed by atoms with Crippen molar-refractivity contribution in [2.45, 2.75) is 13.3 Å². The van der Waals surface area contributed by atoms with Crippen LogP contribution in [0.15, 0.2) is 48.7 Å². The molecule has 0 saturated carbocycles. The number of rotatable bonds is 1. The predicted octanol–water partition coefficient (Wildman–Crippen LogP) is 3.05. The van der Waals surface area contributed by atoms with E-state index < -0.39 is 0 Å². The molecular formula is C18H16N4O. The third-order valence-electron chi connectivity index (χ3n) is 4.10. The fourth-order valence-corrected chi connectivity index (χ4v) is 3.02. The first-order chi connectivity index (χ1) is 11.2. The number of carbonyl (C=O) groups excluding carboxylic acids is 1. The smallest absolute Gasteiger partial charge is 0.223 e. The fraction of sp³-hybridized carbons (Fsp3) is 0.167. The van der Waals surface area contributed by atoms with Crippen molar-refractivity contribution < 1.29 is 4.79 Å². The van der Waals surface area contributed by atoms with Crippen LogP contribution in [-0.2, 0) is 11.2 Å². The van der Waals surface area contributed by atoms with E-state index in [0.717, 1.165) is 40.6 Å². The molecule has 114 valence electrons. The highest BCUT2D eigenvalue weighted by Crippen LogP contribution is 2.36. The zero-order valence-electron chi connectivity index (χ0n) is 12.8. The van der Waals surface area contributed by atoms with Crippen LogP contribution >= 0.6 is 0 Å². The topological polar surface area (TPSA) is 61.9 Å². The standard InChI is InChI=1S/C18H16N4O/c1-12(23)22-11-9-14-17(13-6-2-3-8-16(13)22)21-18(20-14)15-7-4-5-10-19-15/h2-8,10H,9,11H2,1H3,(H,20,21). The number of nitrogens with one attached hydrogen (secondary N) is 1. The Kier molecular flexibility index (Phi) is 3.19. The number of fused-ring (bicyclic) bond motifs is 3. The number of benzene rings is 1. The Morgan fingerprint density at radius 3 is 2.78 bits per heavy atom. The van der Waals surface area contributed by atoms with Crippen molar-refractivity contribution >= 4 is 11.6 Å². The average Bonchev–Trinajstić information content (AvgIpc) is 2.94. The number of nitrogens with zero attached hydrogens (tertiary/aromatic N) is 3. The van der Waals surface area contributed by atoms with Crippen molar-refractivity contribution in [1.82, 2.24) is 15.0 Å². The Hall–Kier alpha value is -2.95. The van der Waals surface area contributed by atoms with Gasteiger partial charge in [0.05, 0.1) is 11.4 Å². The first-order valence-corrected chi connectivity index (χ1v) is 7.62. The maximum atomic E-state index is 12.0. The lowest BCUT2D eigenvalue weighted by atomic mass is 10.1. The van der Waals surface area contributed by atoms with Crippen LogP contribution in [0.2, 0.25) is 0 Å². The van der Waals surface area contributed by atoms with Crippen LogP contribution < -0.4 is 4.90 Å². The van der Waals surface area contributed by atoms with Crippen LogP contribution in [0.1, 0.15) is 12.6 Å². The molecule has 0 unspecified atom stereocenters. The molecule has 0 bridgehead atoms. The number of pyridine rings is 1. The van der Waals surface area contributed by atoms with Gasteiger partial charge in [0.1, 0.15) is 5.69 Å². The van der Waals surface area contributed by atoms with Gasteiger partial charge in [-0.15, -0.1) is 0 Å². The number of aromatic amines is 1. The lowest BCUT2D eigenvalue weighted by Crippen LogP contribution is -2.30. The number of hydrogen-bond donors (Lipinski definition) is 1. The Labute approximate surface area is 134 Å². The summed E-state index contributed by atoms with van der Waals surface area (Å²) in [5.41, 5.74) is 4.67. The highest BCUT2D eigenvalue weighted by molar-refractivity contribution is 5.97.